The number of benzene rings is 5. The molecule has 4 heterocycles. The minimum absolute atomic E-state index is 0.0764. The van der Waals surface area contributed by atoms with Crippen LogP contribution in [0.5, 0.6) is 0 Å². The first-order valence-corrected chi connectivity index (χ1v) is 21.8. The molecule has 0 bridgehead atoms. The highest BCUT2D eigenvalue weighted by molar-refractivity contribution is 6.07. The quantitative estimate of drug-likeness (QED) is 0.0857. The van der Waals surface area contributed by atoms with Crippen molar-refractivity contribution in [2.45, 2.75) is 63.3 Å². The molecule has 3 fully saturated rings. The molecule has 7 atom stereocenters. The number of H-pyrrole nitrogens is 2. The van der Waals surface area contributed by atoms with Gasteiger partial charge in [-0.15, -0.1) is 0 Å². The molecule has 0 radical (unpaired) electrons. The second kappa shape index (κ2) is 16.3. The van der Waals surface area contributed by atoms with Crippen LogP contribution in [-0.4, -0.2) is 98.3 Å². The summed E-state index contributed by atoms with van der Waals surface area (Å²) in [5, 5.41) is 18.7. The number of nitrogens with one attached hydrogen (secondary N) is 4. The van der Waals surface area contributed by atoms with E-state index >= 15 is 0 Å². The van der Waals surface area contributed by atoms with Crippen molar-refractivity contribution in [2.24, 2.45) is 17.8 Å². The van der Waals surface area contributed by atoms with Crippen LogP contribution in [0.25, 0.3) is 54.7 Å². The molecule has 1 saturated carbocycles. The van der Waals surface area contributed by atoms with Gasteiger partial charge in [0.05, 0.1) is 47.9 Å². The van der Waals surface area contributed by atoms with Crippen LogP contribution in [0.2, 0.25) is 0 Å². The van der Waals surface area contributed by atoms with Crippen LogP contribution >= 0.6 is 0 Å². The van der Waals surface area contributed by atoms with Gasteiger partial charge < -0.3 is 45.0 Å². The number of imidazole rings is 2. The third-order valence-corrected chi connectivity index (χ3v) is 13.4. The standard InChI is InChI=1S/C49H50N8O7/c1-25(2)40(54-48(60)61)46(58)56-23-26(24-63-3)18-38(56)44-50-35-16-12-30-19-28(10-14-33(30)42(35)52-44)29-11-15-34-31(20-29)13-17-36-43(34)53-45(51-36)39-22-32-21-37(32)57(39)47(59)41(55-49(62)64-4)27-8-6-5-7-9-27/h5-17,19-20,25-26,32,37-41,54H,18,21-24H2,1-4H3,(H,50,52)(H,51,53)(H,55,62)(H,60,61)/t26-,32+,37+,38-,39-,40-,41+/m0/s1. The zero-order valence-electron chi connectivity index (χ0n) is 36.0. The SMILES string of the molecule is COC[C@H]1C[C@@H](c2nc3c(ccc4cc(-c5ccc6c(ccc7[nH]c([C@@H]8C[C@H]9C[C@H]9N8C(=O)[C@H](NC(=O)OC)c8ccccc8)nc76)c5)ccc43)[nH]2)N(C(=O)[C@@H](NC(=O)O)C(C)C)C1. The second-order valence-corrected chi connectivity index (χ2v) is 17.8. The monoisotopic (exact) mass is 862 g/mol. The van der Waals surface area contributed by atoms with Gasteiger partial charge in [-0.3, -0.25) is 9.59 Å². The number of hydrogen-bond donors (Lipinski definition) is 5. The van der Waals surface area contributed by atoms with Gasteiger partial charge in [-0.25, -0.2) is 19.6 Å². The number of carbonyl (C=O) groups excluding carboxylic acids is 3. The van der Waals surface area contributed by atoms with Crippen molar-refractivity contribution in [3.05, 3.63) is 108 Å². The van der Waals surface area contributed by atoms with Gasteiger partial charge in [0.25, 0.3) is 5.91 Å². The lowest BCUT2D eigenvalue weighted by Gasteiger charge is -2.30. The van der Waals surface area contributed by atoms with Crippen LogP contribution < -0.4 is 10.6 Å². The van der Waals surface area contributed by atoms with E-state index in [9.17, 15) is 24.3 Å². The summed E-state index contributed by atoms with van der Waals surface area (Å²) in [5.41, 5.74) is 6.16. The van der Waals surface area contributed by atoms with Crippen molar-refractivity contribution < 1.29 is 33.8 Å². The van der Waals surface area contributed by atoms with Crippen molar-refractivity contribution in [1.82, 2.24) is 40.4 Å². The predicted molar refractivity (Wildman–Crippen MR) is 241 cm³/mol. The molecule has 328 valence electrons. The molecular formula is C49H50N8O7. The summed E-state index contributed by atoms with van der Waals surface area (Å²) in [6.07, 6.45) is 0.468. The van der Waals surface area contributed by atoms with E-state index in [-0.39, 0.29) is 41.8 Å². The first kappa shape index (κ1) is 41.0. The number of ether oxygens (including phenoxy) is 2. The maximum atomic E-state index is 14.3. The zero-order valence-corrected chi connectivity index (χ0v) is 36.0. The van der Waals surface area contributed by atoms with Gasteiger partial charge in [0.15, 0.2) is 0 Å². The fraction of sp³-hybridized carbons (Fsp3) is 0.347. The number of hydrogen-bond acceptors (Lipinski definition) is 8. The van der Waals surface area contributed by atoms with Gasteiger partial charge in [0, 0.05) is 36.4 Å². The average molecular weight is 863 g/mol. The molecule has 64 heavy (non-hydrogen) atoms. The van der Waals surface area contributed by atoms with Gasteiger partial charge in [-0.1, -0.05) is 80.6 Å². The summed E-state index contributed by atoms with van der Waals surface area (Å²) in [7, 11) is 2.94. The number of nitrogens with zero attached hydrogens (tertiary/aromatic N) is 4. The summed E-state index contributed by atoms with van der Waals surface area (Å²) in [5.74, 6) is 1.17. The van der Waals surface area contributed by atoms with Gasteiger partial charge in [0.1, 0.15) is 23.7 Å². The summed E-state index contributed by atoms with van der Waals surface area (Å²) in [6, 6.07) is 27.9. The Hall–Kier alpha value is -7.00. The molecule has 15 heteroatoms. The molecule has 4 amide bonds. The van der Waals surface area contributed by atoms with Crippen molar-refractivity contribution in [3.8, 4) is 11.1 Å². The van der Waals surface area contributed by atoms with Crippen LogP contribution in [0.3, 0.4) is 0 Å². The molecule has 15 nitrogen and oxygen atoms in total. The Morgan fingerprint density at radius 1 is 0.766 bits per heavy atom. The Bertz CT molecular complexity index is 2970. The Morgan fingerprint density at radius 2 is 1.39 bits per heavy atom. The number of piperidine rings is 1. The van der Waals surface area contributed by atoms with E-state index in [0.717, 1.165) is 73.4 Å². The van der Waals surface area contributed by atoms with E-state index in [1.165, 1.54) is 7.11 Å². The van der Waals surface area contributed by atoms with Crippen LogP contribution in [0.15, 0.2) is 91.0 Å². The van der Waals surface area contributed by atoms with Gasteiger partial charge in [-0.2, -0.15) is 0 Å². The van der Waals surface area contributed by atoms with E-state index in [0.29, 0.717) is 36.9 Å². The van der Waals surface area contributed by atoms with E-state index in [1.807, 2.05) is 61.2 Å². The number of aromatic nitrogens is 4. The maximum Gasteiger partial charge on any atom is 0.407 e. The summed E-state index contributed by atoms with van der Waals surface area (Å²) < 4.78 is 10.4. The predicted octanol–water partition coefficient (Wildman–Crippen LogP) is 8.00. The summed E-state index contributed by atoms with van der Waals surface area (Å²) >= 11 is 0. The Kier molecular flexibility index (Phi) is 10.4. The Morgan fingerprint density at radius 3 is 1.97 bits per heavy atom. The first-order valence-electron chi connectivity index (χ1n) is 21.8. The zero-order chi connectivity index (χ0) is 44.4. The minimum Gasteiger partial charge on any atom is -0.465 e. The lowest BCUT2D eigenvalue weighted by Crippen LogP contribution is -2.51. The van der Waals surface area contributed by atoms with E-state index in [1.54, 1.807) is 12.0 Å². The average Bonchev–Trinajstić information content (AvgIpc) is 3.72. The molecule has 0 spiro atoms. The second-order valence-electron chi connectivity index (χ2n) is 17.8. The fourth-order valence-corrected chi connectivity index (χ4v) is 10.2. The molecule has 3 aliphatic rings. The maximum absolute atomic E-state index is 14.3. The van der Waals surface area contributed by atoms with Gasteiger partial charge in [0.2, 0.25) is 5.91 Å². The van der Waals surface area contributed by atoms with Crippen molar-refractivity contribution in [3.63, 3.8) is 0 Å². The van der Waals surface area contributed by atoms with Crippen LogP contribution in [-0.2, 0) is 19.1 Å². The molecule has 5 N–H and O–H groups in total. The normalized spacial score (nSPS) is 21.4. The van der Waals surface area contributed by atoms with Gasteiger partial charge >= 0.3 is 12.2 Å². The smallest absolute Gasteiger partial charge is 0.407 e. The van der Waals surface area contributed by atoms with Gasteiger partial charge in [-0.05, 0) is 82.8 Å². The van der Waals surface area contributed by atoms with Crippen molar-refractivity contribution in [2.75, 3.05) is 27.4 Å². The summed E-state index contributed by atoms with van der Waals surface area (Å²) in [4.78, 5) is 73.2. The third-order valence-electron chi connectivity index (χ3n) is 13.4. The molecule has 2 aliphatic heterocycles. The number of carbonyl (C=O) groups is 4. The first-order chi connectivity index (χ1) is 31.0. The van der Waals surface area contributed by atoms with Crippen LogP contribution in [0.1, 0.15) is 68.4 Å². The molecule has 0 unspecified atom stereocenters. The lowest BCUT2D eigenvalue weighted by atomic mass is 9.98. The fourth-order valence-electron chi connectivity index (χ4n) is 10.2. The molecule has 2 saturated heterocycles. The number of fused-ring (bicyclic) bond motifs is 7. The van der Waals surface area contributed by atoms with Crippen LogP contribution in [0.4, 0.5) is 9.59 Å². The molecule has 2 aromatic heterocycles. The van der Waals surface area contributed by atoms with Crippen molar-refractivity contribution >= 4 is 67.6 Å². The Labute approximate surface area is 368 Å². The number of aromatic amines is 2. The number of likely N-dealkylation sites (tertiary alicyclic amines) is 2. The van der Waals surface area contributed by atoms with E-state index in [4.69, 9.17) is 19.4 Å². The largest absolute Gasteiger partial charge is 0.465 e. The van der Waals surface area contributed by atoms with Crippen molar-refractivity contribution in [1.29, 1.82) is 0 Å². The highest BCUT2D eigenvalue weighted by Crippen LogP contribution is 2.54. The number of amides is 4. The molecule has 5 aromatic carbocycles. The number of alkyl carbamates (subject to hydrolysis) is 1. The lowest BCUT2D eigenvalue weighted by molar-refractivity contribution is -0.136. The number of carboxylic acid groups (broad SMARTS) is 1. The van der Waals surface area contributed by atoms with Crippen LogP contribution in [0, 0.1) is 17.8 Å². The molecular weight excluding hydrogens is 813 g/mol. The summed E-state index contributed by atoms with van der Waals surface area (Å²) in [6.45, 7) is 4.58. The molecule has 10 rings (SSSR count). The highest BCUT2D eigenvalue weighted by Gasteiger charge is 2.56. The third kappa shape index (κ3) is 7.32. The van der Waals surface area contributed by atoms with E-state index in [2.05, 4.69) is 69.1 Å². The molecule has 7 aromatic rings. The topological polar surface area (TPSA) is 195 Å². The Balaban J connectivity index is 0.926. The highest BCUT2D eigenvalue weighted by atomic mass is 16.5. The number of methoxy groups -OCH3 is 2. The van der Waals surface area contributed by atoms with E-state index < -0.39 is 24.3 Å². The minimum atomic E-state index is -1.23. The number of rotatable bonds is 11. The molecule has 1 aliphatic carbocycles.